The van der Waals surface area contributed by atoms with Crippen LogP contribution in [0.4, 0.5) is 0 Å². The van der Waals surface area contributed by atoms with Gasteiger partial charge in [0.1, 0.15) is 0 Å². The average molecular weight is 374 g/mol. The maximum absolute atomic E-state index is 13.0. The molecule has 140 valence electrons. The van der Waals surface area contributed by atoms with Gasteiger partial charge in [-0.2, -0.15) is 0 Å². The fourth-order valence-electron chi connectivity index (χ4n) is 3.45. The lowest BCUT2D eigenvalue weighted by atomic mass is 10.0. The number of ether oxygens (including phenoxy) is 1. The highest BCUT2D eigenvalue weighted by Gasteiger charge is 2.25. The summed E-state index contributed by atoms with van der Waals surface area (Å²) < 4.78 is 5.43. The Balaban J connectivity index is 1.66. The zero-order chi connectivity index (χ0) is 19.8. The molecule has 0 saturated carbocycles. The summed E-state index contributed by atoms with van der Waals surface area (Å²) in [6.07, 6.45) is -0.997. The summed E-state index contributed by atoms with van der Waals surface area (Å²) in [4.78, 5) is 43.4. The number of H-pyrrole nitrogens is 2. The lowest BCUT2D eigenvalue weighted by Gasteiger charge is -2.13. The predicted octanol–water partition coefficient (Wildman–Crippen LogP) is 3.75. The number of benzene rings is 2. The van der Waals surface area contributed by atoms with Crippen LogP contribution in [0.1, 0.15) is 33.3 Å². The van der Waals surface area contributed by atoms with Crippen molar-refractivity contribution in [2.45, 2.75) is 20.0 Å². The fourth-order valence-corrected chi connectivity index (χ4v) is 3.45. The van der Waals surface area contributed by atoms with E-state index in [1.54, 1.807) is 24.3 Å². The monoisotopic (exact) mass is 374 g/mol. The number of pyridine rings is 1. The Kier molecular flexibility index (Phi) is 4.31. The second kappa shape index (κ2) is 6.81. The molecule has 0 bridgehead atoms. The summed E-state index contributed by atoms with van der Waals surface area (Å²) in [5.74, 6) is -1.00. The average Bonchev–Trinajstić information content (AvgIpc) is 3.02. The topological polar surface area (TPSA) is 92.0 Å². The molecule has 2 aromatic heterocycles. The van der Waals surface area contributed by atoms with E-state index >= 15 is 0 Å². The number of carbonyl (C=O) groups excluding carboxylic acids is 2. The van der Waals surface area contributed by atoms with Gasteiger partial charge in [-0.15, -0.1) is 0 Å². The maximum atomic E-state index is 13.0. The summed E-state index contributed by atoms with van der Waals surface area (Å²) in [7, 11) is 0. The molecule has 0 aliphatic rings. The number of esters is 1. The van der Waals surface area contributed by atoms with Crippen LogP contribution in [-0.4, -0.2) is 27.8 Å². The maximum Gasteiger partial charge on any atom is 0.339 e. The molecular formula is C22H18N2O4. The van der Waals surface area contributed by atoms with Crippen LogP contribution in [0.5, 0.6) is 0 Å². The van der Waals surface area contributed by atoms with Crippen molar-refractivity contribution < 1.29 is 14.3 Å². The first-order valence-corrected chi connectivity index (χ1v) is 8.90. The number of nitrogens with one attached hydrogen (secondary N) is 2. The van der Waals surface area contributed by atoms with E-state index in [9.17, 15) is 14.4 Å². The standard InChI is InChI=1S/C22H18N2O4/c1-12-20(15-8-4-6-10-18(15)23-12)21(26)13(2)28-22(27)16-11-19(25)24-17-9-5-3-7-14(16)17/h3-11,13,23H,1-2H3,(H,24,25)/t13-/m0/s1. The second-order valence-electron chi connectivity index (χ2n) is 6.68. The summed E-state index contributed by atoms with van der Waals surface area (Å²) in [5.41, 5.74) is 2.34. The molecule has 2 aromatic carbocycles. The van der Waals surface area contributed by atoms with Crippen molar-refractivity contribution in [1.82, 2.24) is 9.97 Å². The van der Waals surface area contributed by atoms with Crippen molar-refractivity contribution in [3.8, 4) is 0 Å². The van der Waals surface area contributed by atoms with Gasteiger partial charge in [0.25, 0.3) is 0 Å². The molecule has 6 heteroatoms. The fraction of sp³-hybridized carbons (Fsp3) is 0.136. The minimum absolute atomic E-state index is 0.134. The Labute approximate surface area is 160 Å². The number of carbonyl (C=O) groups is 2. The molecule has 2 heterocycles. The highest BCUT2D eigenvalue weighted by molar-refractivity contribution is 6.12. The van der Waals surface area contributed by atoms with Crippen LogP contribution in [0.2, 0.25) is 0 Å². The number of fused-ring (bicyclic) bond motifs is 2. The molecular weight excluding hydrogens is 356 g/mol. The number of Topliss-reactive ketones (excluding diaryl/α,β-unsaturated/α-hetero) is 1. The number of para-hydroxylation sites is 2. The Morgan fingerprint density at radius 1 is 0.929 bits per heavy atom. The minimum Gasteiger partial charge on any atom is -0.451 e. The Hall–Kier alpha value is -3.67. The molecule has 0 fully saturated rings. The SMILES string of the molecule is Cc1[nH]c2ccccc2c1C(=O)[C@H](C)OC(=O)c1cc(=O)[nH]c2ccccc12. The van der Waals surface area contributed by atoms with E-state index in [1.165, 1.54) is 13.0 Å². The number of aryl methyl sites for hydroxylation is 1. The molecule has 4 aromatic rings. The zero-order valence-electron chi connectivity index (χ0n) is 15.4. The predicted molar refractivity (Wildman–Crippen MR) is 107 cm³/mol. The second-order valence-corrected chi connectivity index (χ2v) is 6.68. The normalized spacial score (nSPS) is 12.2. The van der Waals surface area contributed by atoms with Gasteiger partial charge in [-0.1, -0.05) is 36.4 Å². The molecule has 0 spiro atoms. The molecule has 0 radical (unpaired) electrons. The summed E-state index contributed by atoms with van der Waals surface area (Å²) in [6.45, 7) is 3.35. The number of hydrogen-bond acceptors (Lipinski definition) is 4. The third-order valence-electron chi connectivity index (χ3n) is 4.76. The van der Waals surface area contributed by atoms with Crippen LogP contribution in [0.15, 0.2) is 59.4 Å². The van der Waals surface area contributed by atoms with E-state index in [2.05, 4.69) is 9.97 Å². The van der Waals surface area contributed by atoms with Crippen LogP contribution in [0.25, 0.3) is 21.8 Å². The van der Waals surface area contributed by atoms with Crippen LogP contribution < -0.4 is 5.56 Å². The largest absolute Gasteiger partial charge is 0.451 e. The van der Waals surface area contributed by atoms with E-state index in [1.807, 2.05) is 31.2 Å². The van der Waals surface area contributed by atoms with Gasteiger partial charge in [-0.25, -0.2) is 4.79 Å². The smallest absolute Gasteiger partial charge is 0.339 e. The molecule has 1 atom stereocenters. The van der Waals surface area contributed by atoms with Gasteiger partial charge in [0.2, 0.25) is 11.3 Å². The Bertz CT molecular complexity index is 1280. The lowest BCUT2D eigenvalue weighted by Crippen LogP contribution is -2.25. The van der Waals surface area contributed by atoms with E-state index < -0.39 is 17.6 Å². The minimum atomic E-state index is -0.997. The molecule has 4 rings (SSSR count). The van der Waals surface area contributed by atoms with Crippen LogP contribution in [0, 0.1) is 6.92 Å². The molecule has 0 amide bonds. The van der Waals surface area contributed by atoms with Gasteiger partial charge in [-0.3, -0.25) is 9.59 Å². The van der Waals surface area contributed by atoms with Crippen molar-refractivity contribution in [2.24, 2.45) is 0 Å². The van der Waals surface area contributed by atoms with Gasteiger partial charge in [0.05, 0.1) is 5.56 Å². The molecule has 0 aliphatic heterocycles. The third-order valence-corrected chi connectivity index (χ3v) is 4.76. The van der Waals surface area contributed by atoms with Crippen molar-refractivity contribution in [1.29, 1.82) is 0 Å². The molecule has 2 N–H and O–H groups in total. The summed E-state index contributed by atoms with van der Waals surface area (Å²) in [6, 6.07) is 15.6. The molecule has 0 unspecified atom stereocenters. The number of rotatable bonds is 4. The van der Waals surface area contributed by atoms with Crippen molar-refractivity contribution in [3.63, 3.8) is 0 Å². The van der Waals surface area contributed by atoms with Gasteiger partial charge < -0.3 is 14.7 Å². The van der Waals surface area contributed by atoms with Crippen molar-refractivity contribution in [2.75, 3.05) is 0 Å². The highest BCUT2D eigenvalue weighted by atomic mass is 16.5. The first kappa shape index (κ1) is 17.7. The summed E-state index contributed by atoms with van der Waals surface area (Å²) in [5, 5.41) is 1.35. The first-order chi connectivity index (χ1) is 13.5. The number of hydrogen-bond donors (Lipinski definition) is 2. The van der Waals surface area contributed by atoms with E-state index in [0.717, 1.165) is 16.6 Å². The number of ketones is 1. The Morgan fingerprint density at radius 3 is 2.25 bits per heavy atom. The zero-order valence-corrected chi connectivity index (χ0v) is 15.4. The van der Waals surface area contributed by atoms with E-state index in [0.29, 0.717) is 16.5 Å². The summed E-state index contributed by atoms with van der Waals surface area (Å²) >= 11 is 0. The van der Waals surface area contributed by atoms with Gasteiger partial charge in [0.15, 0.2) is 6.10 Å². The molecule has 6 nitrogen and oxygen atoms in total. The quantitative estimate of drug-likeness (QED) is 0.420. The number of aromatic amines is 2. The highest BCUT2D eigenvalue weighted by Crippen LogP contribution is 2.24. The molecule has 0 aliphatic carbocycles. The molecule has 0 saturated heterocycles. The number of aromatic nitrogens is 2. The van der Waals surface area contributed by atoms with Crippen molar-refractivity contribution >= 4 is 33.6 Å². The first-order valence-electron chi connectivity index (χ1n) is 8.90. The van der Waals surface area contributed by atoms with Crippen LogP contribution in [-0.2, 0) is 4.74 Å². The van der Waals surface area contributed by atoms with Gasteiger partial charge in [0, 0.05) is 39.1 Å². The van der Waals surface area contributed by atoms with Crippen molar-refractivity contribution in [3.05, 3.63) is 81.8 Å². The van der Waals surface area contributed by atoms with Gasteiger partial charge in [-0.05, 0) is 26.0 Å². The molecule has 28 heavy (non-hydrogen) atoms. The lowest BCUT2D eigenvalue weighted by molar-refractivity contribution is 0.0321. The van der Waals surface area contributed by atoms with Gasteiger partial charge >= 0.3 is 5.97 Å². The van der Waals surface area contributed by atoms with E-state index in [4.69, 9.17) is 4.74 Å². The van der Waals surface area contributed by atoms with E-state index in [-0.39, 0.29) is 11.3 Å². The van der Waals surface area contributed by atoms with Crippen LogP contribution in [0.3, 0.4) is 0 Å². The van der Waals surface area contributed by atoms with Crippen LogP contribution >= 0.6 is 0 Å². The third kappa shape index (κ3) is 2.99. The Morgan fingerprint density at radius 2 is 1.54 bits per heavy atom.